The van der Waals surface area contributed by atoms with E-state index in [9.17, 15) is 9.90 Å². The molecule has 2 nitrogen and oxygen atoms in total. The lowest BCUT2D eigenvalue weighted by atomic mass is 9.41. The van der Waals surface area contributed by atoms with Crippen LogP contribution in [0.3, 0.4) is 0 Å². The SMILES string of the molecule is C=C1CC23CC[C@H]4[C@@](C)(CCC[C@@]4(C)C(=O)O)[C@@H]2CC[C@@H]1C3. The minimum Gasteiger partial charge on any atom is -0.481 e. The van der Waals surface area contributed by atoms with Crippen molar-refractivity contribution in [2.45, 2.75) is 71.6 Å². The Bertz CT molecular complexity index is 538. The number of allylic oxidation sites excluding steroid dienone is 1. The van der Waals surface area contributed by atoms with Crippen LogP contribution >= 0.6 is 0 Å². The van der Waals surface area contributed by atoms with Crippen LogP contribution in [-0.4, -0.2) is 11.1 Å². The van der Waals surface area contributed by atoms with Crippen molar-refractivity contribution in [3.63, 3.8) is 0 Å². The number of carboxylic acid groups (broad SMARTS) is 1. The zero-order valence-electron chi connectivity index (χ0n) is 14.2. The highest BCUT2D eigenvalue weighted by atomic mass is 16.4. The van der Waals surface area contributed by atoms with Gasteiger partial charge in [0.2, 0.25) is 0 Å². The number of fused-ring (bicyclic) bond motifs is 3. The lowest BCUT2D eigenvalue weighted by Gasteiger charge is -2.63. The minimum absolute atomic E-state index is 0.235. The molecule has 1 unspecified atom stereocenters. The molecule has 0 heterocycles. The summed E-state index contributed by atoms with van der Waals surface area (Å²) in [6.07, 6.45) is 10.8. The average molecular weight is 302 g/mol. The molecule has 0 radical (unpaired) electrons. The molecular formula is C20H30O2. The summed E-state index contributed by atoms with van der Waals surface area (Å²) in [4.78, 5) is 12.0. The molecule has 0 amide bonds. The van der Waals surface area contributed by atoms with E-state index in [1.807, 2.05) is 6.92 Å². The van der Waals surface area contributed by atoms with E-state index in [4.69, 9.17) is 0 Å². The molecule has 4 fully saturated rings. The number of carbonyl (C=O) groups is 1. The van der Waals surface area contributed by atoms with Crippen molar-refractivity contribution in [3.05, 3.63) is 12.2 Å². The molecule has 122 valence electrons. The summed E-state index contributed by atoms with van der Waals surface area (Å²) in [5, 5.41) is 9.90. The summed E-state index contributed by atoms with van der Waals surface area (Å²) in [5.41, 5.74) is 1.71. The van der Waals surface area contributed by atoms with Gasteiger partial charge in [-0.15, -0.1) is 0 Å². The maximum absolute atomic E-state index is 12.0. The van der Waals surface area contributed by atoms with Gasteiger partial charge in [0.15, 0.2) is 0 Å². The lowest BCUT2D eigenvalue weighted by molar-refractivity contribution is -0.181. The number of rotatable bonds is 1. The van der Waals surface area contributed by atoms with Gasteiger partial charge in [-0.2, -0.15) is 0 Å². The Kier molecular flexibility index (Phi) is 2.95. The van der Waals surface area contributed by atoms with Gasteiger partial charge in [-0.3, -0.25) is 4.79 Å². The molecule has 6 atom stereocenters. The van der Waals surface area contributed by atoms with E-state index in [2.05, 4.69) is 13.5 Å². The molecule has 0 aromatic rings. The van der Waals surface area contributed by atoms with Crippen LogP contribution in [0.25, 0.3) is 0 Å². The molecule has 2 heteroatoms. The van der Waals surface area contributed by atoms with Crippen LogP contribution in [0.15, 0.2) is 12.2 Å². The Morgan fingerprint density at radius 3 is 2.64 bits per heavy atom. The third-order valence-electron chi connectivity index (χ3n) is 8.54. The first kappa shape index (κ1) is 14.8. The normalized spacial score (nSPS) is 53.7. The highest BCUT2D eigenvalue weighted by Gasteiger charge is 2.64. The number of carboxylic acids is 1. The van der Waals surface area contributed by atoms with Crippen LogP contribution in [0.1, 0.15) is 71.6 Å². The standard InChI is InChI=1S/C20H30O2/c1-13-11-20-10-7-15-18(2,16(20)6-5-14(13)12-20)8-4-9-19(15,3)17(21)22/h14-16H,1,4-12H2,2-3H3,(H,21,22)/t14-,15+,16+,18-,19-,20?/m1/s1. The molecule has 0 saturated heterocycles. The van der Waals surface area contributed by atoms with E-state index in [1.165, 1.54) is 44.1 Å². The first-order valence-corrected chi connectivity index (χ1v) is 9.23. The van der Waals surface area contributed by atoms with Crippen molar-refractivity contribution in [3.8, 4) is 0 Å². The van der Waals surface area contributed by atoms with Crippen LogP contribution in [0.2, 0.25) is 0 Å². The third-order valence-corrected chi connectivity index (χ3v) is 8.54. The van der Waals surface area contributed by atoms with Crippen molar-refractivity contribution in [2.24, 2.45) is 34.0 Å². The smallest absolute Gasteiger partial charge is 0.309 e. The van der Waals surface area contributed by atoms with E-state index in [0.717, 1.165) is 31.1 Å². The highest BCUT2D eigenvalue weighted by Crippen LogP contribution is 2.72. The molecule has 1 spiro atoms. The second-order valence-corrected chi connectivity index (χ2v) is 9.40. The van der Waals surface area contributed by atoms with Gasteiger partial charge in [-0.1, -0.05) is 25.5 Å². The summed E-state index contributed by atoms with van der Waals surface area (Å²) in [7, 11) is 0. The minimum atomic E-state index is -0.552. The van der Waals surface area contributed by atoms with Gasteiger partial charge in [0, 0.05) is 0 Å². The molecule has 4 aliphatic rings. The maximum Gasteiger partial charge on any atom is 0.309 e. The molecule has 22 heavy (non-hydrogen) atoms. The van der Waals surface area contributed by atoms with Gasteiger partial charge in [0.25, 0.3) is 0 Å². The van der Waals surface area contributed by atoms with Crippen LogP contribution < -0.4 is 0 Å². The van der Waals surface area contributed by atoms with Crippen LogP contribution in [0.4, 0.5) is 0 Å². The molecule has 4 saturated carbocycles. The van der Waals surface area contributed by atoms with Crippen molar-refractivity contribution in [2.75, 3.05) is 0 Å². The van der Waals surface area contributed by atoms with Crippen LogP contribution in [0, 0.1) is 34.0 Å². The van der Waals surface area contributed by atoms with Crippen LogP contribution in [0.5, 0.6) is 0 Å². The first-order chi connectivity index (χ1) is 10.3. The second kappa shape index (κ2) is 4.39. The Labute approximate surface area is 134 Å². The molecule has 0 aromatic heterocycles. The Hall–Kier alpha value is -0.790. The fourth-order valence-electron chi connectivity index (χ4n) is 7.61. The van der Waals surface area contributed by atoms with Gasteiger partial charge < -0.3 is 5.11 Å². The Morgan fingerprint density at radius 1 is 1.14 bits per heavy atom. The summed E-state index contributed by atoms with van der Waals surface area (Å²) in [5.74, 6) is 1.32. The summed E-state index contributed by atoms with van der Waals surface area (Å²) >= 11 is 0. The molecule has 0 aromatic carbocycles. The third kappa shape index (κ3) is 1.65. The fraction of sp³-hybridized carbons (Fsp3) is 0.850. The van der Waals surface area contributed by atoms with Gasteiger partial charge in [0.1, 0.15) is 0 Å². The number of hydrogen-bond acceptors (Lipinski definition) is 1. The molecule has 1 N–H and O–H groups in total. The van der Waals surface area contributed by atoms with Crippen molar-refractivity contribution in [1.82, 2.24) is 0 Å². The van der Waals surface area contributed by atoms with E-state index >= 15 is 0 Å². The fourth-order valence-corrected chi connectivity index (χ4v) is 7.61. The van der Waals surface area contributed by atoms with Gasteiger partial charge >= 0.3 is 5.97 Å². The predicted molar refractivity (Wildman–Crippen MR) is 87.4 cm³/mol. The topological polar surface area (TPSA) is 37.3 Å². The van der Waals surface area contributed by atoms with E-state index in [-0.39, 0.29) is 5.41 Å². The van der Waals surface area contributed by atoms with Crippen LogP contribution in [-0.2, 0) is 4.79 Å². The molecule has 4 rings (SSSR count). The molecular weight excluding hydrogens is 272 g/mol. The van der Waals surface area contributed by atoms with E-state index in [1.54, 1.807) is 0 Å². The average Bonchev–Trinajstić information content (AvgIpc) is 2.68. The lowest BCUT2D eigenvalue weighted by Crippen LogP contribution is -2.58. The molecule has 0 aliphatic heterocycles. The zero-order chi connectivity index (χ0) is 15.8. The largest absolute Gasteiger partial charge is 0.481 e. The number of hydrogen-bond donors (Lipinski definition) is 1. The quantitative estimate of drug-likeness (QED) is 0.689. The van der Waals surface area contributed by atoms with E-state index in [0.29, 0.717) is 11.3 Å². The van der Waals surface area contributed by atoms with Gasteiger partial charge in [0.05, 0.1) is 5.41 Å². The molecule has 2 bridgehead atoms. The summed E-state index contributed by atoms with van der Waals surface area (Å²) in [6.45, 7) is 8.86. The summed E-state index contributed by atoms with van der Waals surface area (Å²) in [6, 6.07) is 0. The number of aliphatic carboxylic acids is 1. The van der Waals surface area contributed by atoms with Gasteiger partial charge in [-0.25, -0.2) is 0 Å². The summed E-state index contributed by atoms with van der Waals surface area (Å²) < 4.78 is 0. The molecule has 4 aliphatic carbocycles. The maximum atomic E-state index is 12.0. The second-order valence-electron chi connectivity index (χ2n) is 9.40. The predicted octanol–water partition coefficient (Wildman–Crippen LogP) is 5.04. The monoisotopic (exact) mass is 302 g/mol. The first-order valence-electron chi connectivity index (χ1n) is 9.23. The van der Waals surface area contributed by atoms with E-state index < -0.39 is 11.4 Å². The van der Waals surface area contributed by atoms with Crippen molar-refractivity contribution >= 4 is 5.97 Å². The van der Waals surface area contributed by atoms with Gasteiger partial charge in [-0.05, 0) is 86.9 Å². The Balaban J connectivity index is 1.75. The van der Waals surface area contributed by atoms with Crippen molar-refractivity contribution < 1.29 is 9.90 Å². The Morgan fingerprint density at radius 2 is 1.91 bits per heavy atom. The highest BCUT2D eigenvalue weighted by molar-refractivity contribution is 5.75. The van der Waals surface area contributed by atoms with Crippen molar-refractivity contribution in [1.29, 1.82) is 0 Å². The zero-order valence-corrected chi connectivity index (χ0v) is 14.2.